The molecule has 2 rings (SSSR count). The molecule has 1 unspecified atom stereocenters. The van der Waals surface area contributed by atoms with Crippen molar-refractivity contribution in [2.75, 3.05) is 6.61 Å². The second-order valence-corrected chi connectivity index (χ2v) is 5.62. The van der Waals surface area contributed by atoms with Crippen LogP contribution in [0.3, 0.4) is 0 Å². The zero-order chi connectivity index (χ0) is 20.0. The average Bonchev–Trinajstić information content (AvgIpc) is 2.59. The fourth-order valence-electron chi connectivity index (χ4n) is 2.44. The third-order valence-corrected chi connectivity index (χ3v) is 3.40. The summed E-state index contributed by atoms with van der Waals surface area (Å²) in [5.41, 5.74) is 0. The van der Waals surface area contributed by atoms with E-state index in [0.717, 1.165) is 0 Å². The lowest BCUT2D eigenvalue weighted by molar-refractivity contribution is -0.245. The largest absolute Gasteiger partial charge is 0.465 e. The molecule has 0 radical (unpaired) electrons. The van der Waals surface area contributed by atoms with E-state index < -0.39 is 48.9 Å². The van der Waals surface area contributed by atoms with Crippen molar-refractivity contribution in [1.29, 1.82) is 0 Å². The van der Waals surface area contributed by atoms with E-state index in [1.807, 2.05) is 0 Å². The van der Waals surface area contributed by atoms with Crippen LogP contribution in [-0.2, 0) is 33.3 Å². The van der Waals surface area contributed by atoms with Gasteiger partial charge in [0, 0.05) is 22.1 Å². The first-order valence-electron chi connectivity index (χ1n) is 8.63. The van der Waals surface area contributed by atoms with Crippen LogP contribution in [0, 0.1) is 0 Å². The number of ether oxygens (including phenoxy) is 5. The molecule has 142 valence electrons. The Morgan fingerprint density at radius 3 is 2.31 bits per heavy atom. The summed E-state index contributed by atoms with van der Waals surface area (Å²) in [5.74, 6) is -1.42. The second-order valence-electron chi connectivity index (χ2n) is 5.62. The molecule has 0 aromatic heterocycles. The Bertz CT molecular complexity index is 665. The van der Waals surface area contributed by atoms with Crippen LogP contribution >= 0.6 is 0 Å². The van der Waals surface area contributed by atoms with Gasteiger partial charge in [-0.2, -0.15) is 0 Å². The highest BCUT2D eigenvalue weighted by atomic mass is 16.7. The first kappa shape index (κ1) is 18.2. The number of carbonyl (C=O) groups excluding carboxylic acids is 3. The smallest absolute Gasteiger partial charge is 0.303 e. The van der Waals surface area contributed by atoms with E-state index in [0.29, 0.717) is 5.75 Å². The minimum atomic E-state index is -1.20. The Hall–Kier alpha value is -2.61. The Morgan fingerprint density at radius 2 is 1.73 bits per heavy atom. The summed E-state index contributed by atoms with van der Waals surface area (Å²) in [6.45, 7) is 3.32. The number of esters is 3. The molecule has 0 bridgehead atoms. The Kier molecular flexibility index (Phi) is 6.43. The molecular weight excluding hydrogens is 344 g/mol. The molecule has 8 nitrogen and oxygen atoms in total. The van der Waals surface area contributed by atoms with E-state index in [-0.39, 0.29) is 6.61 Å². The van der Waals surface area contributed by atoms with E-state index in [9.17, 15) is 14.4 Å². The molecule has 1 saturated heterocycles. The maximum Gasteiger partial charge on any atom is 0.303 e. The van der Waals surface area contributed by atoms with E-state index in [4.69, 9.17) is 25.1 Å². The third-order valence-electron chi connectivity index (χ3n) is 3.40. The van der Waals surface area contributed by atoms with Crippen molar-refractivity contribution in [2.45, 2.75) is 51.8 Å². The van der Waals surface area contributed by atoms with Crippen molar-refractivity contribution in [3.05, 3.63) is 30.3 Å². The van der Waals surface area contributed by atoms with Crippen molar-refractivity contribution < 1.29 is 39.4 Å². The maximum atomic E-state index is 11.5. The second kappa shape index (κ2) is 9.19. The maximum absolute atomic E-state index is 11.5. The summed E-state index contributed by atoms with van der Waals surface area (Å²) < 4.78 is 35.2. The lowest BCUT2D eigenvalue weighted by Crippen LogP contribution is -2.54. The highest BCUT2D eigenvalue weighted by Gasteiger charge is 2.44. The van der Waals surface area contributed by atoms with Gasteiger partial charge in [0.1, 0.15) is 24.6 Å². The lowest BCUT2D eigenvalue weighted by Gasteiger charge is -2.39. The Morgan fingerprint density at radius 1 is 1.08 bits per heavy atom. The van der Waals surface area contributed by atoms with Crippen molar-refractivity contribution in [2.24, 2.45) is 0 Å². The van der Waals surface area contributed by atoms with Gasteiger partial charge in [0.25, 0.3) is 0 Å². The molecule has 5 atom stereocenters. The molecule has 0 spiro atoms. The molecule has 0 aliphatic carbocycles. The van der Waals surface area contributed by atoms with Gasteiger partial charge < -0.3 is 23.7 Å². The minimum absolute atomic E-state index is 0.258. The summed E-state index contributed by atoms with van der Waals surface area (Å²) in [6, 6.07) is 8.65. The standard InChI is InChI=1S/C18H22O8/c1-11(19)22-10-16-18(24-13(3)21)15(23-12(2)20)9-17(26-16)25-14-7-5-4-6-8-14/h4-8,15-18H,9-10H2,1-3H3/t15-,16-,17-,18-/m1/s1/i9D/t9?,15-,16-,17-,18-. The zero-order valence-electron chi connectivity index (χ0n) is 15.7. The first-order valence-corrected chi connectivity index (χ1v) is 8.05. The molecule has 1 aliphatic rings. The first-order chi connectivity index (χ1) is 12.8. The van der Waals surface area contributed by atoms with Crippen molar-refractivity contribution in [3.8, 4) is 5.75 Å². The van der Waals surface area contributed by atoms with Gasteiger partial charge in [0.05, 0.1) is 6.40 Å². The van der Waals surface area contributed by atoms with Gasteiger partial charge in [-0.05, 0) is 12.1 Å². The summed E-state index contributed by atoms with van der Waals surface area (Å²) in [6.07, 6.45) is -5.59. The van der Waals surface area contributed by atoms with Gasteiger partial charge in [-0.3, -0.25) is 14.4 Å². The monoisotopic (exact) mass is 367 g/mol. The van der Waals surface area contributed by atoms with E-state index in [1.54, 1.807) is 30.3 Å². The predicted octanol–water partition coefficient (Wildman–Crippen LogP) is 1.61. The minimum Gasteiger partial charge on any atom is -0.465 e. The van der Waals surface area contributed by atoms with Gasteiger partial charge in [-0.25, -0.2) is 0 Å². The van der Waals surface area contributed by atoms with Gasteiger partial charge >= 0.3 is 17.9 Å². The highest BCUT2D eigenvalue weighted by molar-refractivity contribution is 5.67. The fourth-order valence-corrected chi connectivity index (χ4v) is 2.44. The van der Waals surface area contributed by atoms with Crippen LogP contribution in [0.5, 0.6) is 5.75 Å². The van der Waals surface area contributed by atoms with Crippen LogP contribution in [0.25, 0.3) is 0 Å². The quantitative estimate of drug-likeness (QED) is 0.552. The van der Waals surface area contributed by atoms with Gasteiger partial charge in [0.2, 0.25) is 6.29 Å². The number of para-hydroxylation sites is 1. The topological polar surface area (TPSA) is 97.4 Å². The van der Waals surface area contributed by atoms with Crippen molar-refractivity contribution >= 4 is 17.9 Å². The van der Waals surface area contributed by atoms with Crippen molar-refractivity contribution in [1.82, 2.24) is 0 Å². The molecule has 0 N–H and O–H groups in total. The van der Waals surface area contributed by atoms with E-state index in [1.165, 1.54) is 20.8 Å². The predicted molar refractivity (Wildman–Crippen MR) is 88.1 cm³/mol. The van der Waals surface area contributed by atoms with Crippen LogP contribution < -0.4 is 4.74 Å². The Labute approximate surface area is 152 Å². The number of rotatable bonds is 6. The number of hydrogen-bond acceptors (Lipinski definition) is 8. The summed E-state index contributed by atoms with van der Waals surface area (Å²) >= 11 is 0. The summed E-state index contributed by atoms with van der Waals surface area (Å²) in [5, 5.41) is 0. The van der Waals surface area contributed by atoms with Gasteiger partial charge in [-0.1, -0.05) is 18.2 Å². The molecule has 8 heteroatoms. The zero-order valence-corrected chi connectivity index (χ0v) is 14.7. The SMILES string of the molecule is [2H]C1[C@H](Oc2ccccc2)O[C@H](COC(C)=O)[C@H](OC(C)=O)[C@@H]1OC(C)=O. The number of carbonyl (C=O) groups is 3. The van der Waals surface area contributed by atoms with E-state index >= 15 is 0 Å². The molecule has 0 amide bonds. The molecule has 1 fully saturated rings. The van der Waals surface area contributed by atoms with Crippen LogP contribution in [0.15, 0.2) is 30.3 Å². The number of benzene rings is 1. The molecule has 1 aromatic carbocycles. The van der Waals surface area contributed by atoms with Crippen molar-refractivity contribution in [3.63, 3.8) is 0 Å². The molecule has 26 heavy (non-hydrogen) atoms. The fraction of sp³-hybridized carbons (Fsp3) is 0.500. The van der Waals surface area contributed by atoms with Crippen LogP contribution in [0.2, 0.25) is 0 Å². The number of hydrogen-bond donors (Lipinski definition) is 0. The molecular formula is C18H22O8. The molecule has 1 aliphatic heterocycles. The lowest BCUT2D eigenvalue weighted by atomic mass is 10.0. The highest BCUT2D eigenvalue weighted by Crippen LogP contribution is 2.28. The summed E-state index contributed by atoms with van der Waals surface area (Å²) in [7, 11) is 0. The van der Waals surface area contributed by atoms with Crippen LogP contribution in [0.1, 0.15) is 28.5 Å². The third kappa shape index (κ3) is 6.03. The molecule has 1 aromatic rings. The van der Waals surface area contributed by atoms with E-state index in [2.05, 4.69) is 0 Å². The van der Waals surface area contributed by atoms with Crippen LogP contribution in [0.4, 0.5) is 0 Å². The molecule has 0 saturated carbocycles. The molecule has 1 heterocycles. The van der Waals surface area contributed by atoms with Gasteiger partial charge in [-0.15, -0.1) is 0 Å². The van der Waals surface area contributed by atoms with Gasteiger partial charge in [0.15, 0.2) is 6.10 Å². The average molecular weight is 367 g/mol. The van der Waals surface area contributed by atoms with Crippen LogP contribution in [-0.4, -0.2) is 49.1 Å². The summed E-state index contributed by atoms with van der Waals surface area (Å²) in [4.78, 5) is 34.2. The Balaban J connectivity index is 2.27. The normalized spacial score (nSPS) is 28.4.